The van der Waals surface area contributed by atoms with Gasteiger partial charge in [0.2, 0.25) is 10.0 Å². The van der Waals surface area contributed by atoms with Crippen molar-refractivity contribution in [3.63, 3.8) is 0 Å². The summed E-state index contributed by atoms with van der Waals surface area (Å²) in [7, 11) is -3.15. The molecule has 1 N–H and O–H groups in total. The van der Waals surface area contributed by atoms with Crippen LogP contribution in [0.4, 0.5) is 5.82 Å². The molecule has 0 aromatic carbocycles. The van der Waals surface area contributed by atoms with Gasteiger partial charge < -0.3 is 4.90 Å². The Labute approximate surface area is 135 Å². The minimum absolute atomic E-state index is 0.0413. The molecule has 7 nitrogen and oxygen atoms in total. The molecule has 0 radical (unpaired) electrons. The molecule has 1 atom stereocenters. The molecule has 1 saturated heterocycles. The van der Waals surface area contributed by atoms with E-state index in [-0.39, 0.29) is 11.3 Å². The van der Waals surface area contributed by atoms with E-state index in [0.29, 0.717) is 6.54 Å². The number of sulfonamides is 1. The normalized spacial score (nSPS) is 22.7. The van der Waals surface area contributed by atoms with E-state index in [1.165, 1.54) is 0 Å². The van der Waals surface area contributed by atoms with Crippen LogP contribution in [-0.4, -0.2) is 47.4 Å². The lowest BCUT2D eigenvalue weighted by atomic mass is 10.1. The highest BCUT2D eigenvalue weighted by Gasteiger charge is 2.37. The lowest BCUT2D eigenvalue weighted by Gasteiger charge is -2.34. The van der Waals surface area contributed by atoms with Gasteiger partial charge in [0.25, 0.3) is 0 Å². The van der Waals surface area contributed by atoms with Crippen LogP contribution < -0.4 is 9.62 Å². The van der Waals surface area contributed by atoms with Gasteiger partial charge >= 0.3 is 0 Å². The van der Waals surface area contributed by atoms with E-state index in [1.54, 1.807) is 6.20 Å². The molecule has 2 aromatic rings. The van der Waals surface area contributed by atoms with E-state index in [0.717, 1.165) is 49.3 Å². The van der Waals surface area contributed by atoms with Crippen molar-refractivity contribution in [2.75, 3.05) is 18.0 Å². The van der Waals surface area contributed by atoms with Gasteiger partial charge in [0.1, 0.15) is 5.52 Å². The highest BCUT2D eigenvalue weighted by molar-refractivity contribution is 7.90. The molecule has 0 spiro atoms. The number of aromatic nitrogens is 3. The van der Waals surface area contributed by atoms with Crippen LogP contribution in [-0.2, 0) is 10.0 Å². The second-order valence-corrected chi connectivity index (χ2v) is 8.51. The molecule has 3 heterocycles. The summed E-state index contributed by atoms with van der Waals surface area (Å²) in [5, 5.41) is 4.25. The SMILES string of the molecule is Cc1cc2c(N3CCCC(NS(=O)(=O)C4CC4)C3)nccn2n1. The van der Waals surface area contributed by atoms with E-state index >= 15 is 0 Å². The first-order valence-corrected chi connectivity index (χ1v) is 9.65. The van der Waals surface area contributed by atoms with Crippen molar-refractivity contribution in [1.82, 2.24) is 19.3 Å². The van der Waals surface area contributed by atoms with Crippen molar-refractivity contribution in [1.29, 1.82) is 0 Å². The van der Waals surface area contributed by atoms with Gasteiger partial charge in [-0.2, -0.15) is 5.10 Å². The van der Waals surface area contributed by atoms with E-state index in [1.807, 2.05) is 23.7 Å². The van der Waals surface area contributed by atoms with E-state index < -0.39 is 10.0 Å². The highest BCUT2D eigenvalue weighted by Crippen LogP contribution is 2.29. The standard InChI is InChI=1S/C15H21N5O2S/c1-11-9-14-15(16-6-8-20(14)17-11)19-7-2-3-12(10-19)18-23(21,22)13-4-5-13/h6,8-9,12-13,18H,2-5,7,10H2,1H3. The van der Waals surface area contributed by atoms with Crippen LogP contribution in [0.15, 0.2) is 18.5 Å². The van der Waals surface area contributed by atoms with E-state index in [4.69, 9.17) is 0 Å². The molecule has 23 heavy (non-hydrogen) atoms. The highest BCUT2D eigenvalue weighted by atomic mass is 32.2. The molecule has 2 aromatic heterocycles. The minimum Gasteiger partial charge on any atom is -0.353 e. The second-order valence-electron chi connectivity index (χ2n) is 6.51. The molecule has 1 aliphatic carbocycles. The van der Waals surface area contributed by atoms with Gasteiger partial charge in [0.15, 0.2) is 5.82 Å². The average Bonchev–Trinajstić information content (AvgIpc) is 3.29. The third-order valence-electron chi connectivity index (χ3n) is 4.51. The summed E-state index contributed by atoms with van der Waals surface area (Å²) in [6.07, 6.45) is 7.00. The van der Waals surface area contributed by atoms with Gasteiger partial charge in [-0.1, -0.05) is 0 Å². The zero-order chi connectivity index (χ0) is 16.0. The first-order valence-electron chi connectivity index (χ1n) is 8.10. The third kappa shape index (κ3) is 2.92. The topological polar surface area (TPSA) is 79.6 Å². The van der Waals surface area contributed by atoms with Gasteiger partial charge in [0.05, 0.1) is 10.9 Å². The number of piperidine rings is 1. The van der Waals surface area contributed by atoms with Crippen LogP contribution in [0.2, 0.25) is 0 Å². The van der Waals surface area contributed by atoms with Crippen molar-refractivity contribution in [2.24, 2.45) is 0 Å². The zero-order valence-corrected chi connectivity index (χ0v) is 14.0. The Bertz CT molecular complexity index is 828. The minimum atomic E-state index is -3.15. The maximum atomic E-state index is 12.2. The summed E-state index contributed by atoms with van der Waals surface area (Å²) in [6.45, 7) is 3.50. The zero-order valence-electron chi connectivity index (χ0n) is 13.1. The molecular weight excluding hydrogens is 314 g/mol. The van der Waals surface area contributed by atoms with Crippen molar-refractivity contribution in [3.8, 4) is 0 Å². The molecule has 0 amide bonds. The van der Waals surface area contributed by atoms with E-state index in [2.05, 4.69) is 19.7 Å². The molecule has 124 valence electrons. The number of hydrogen-bond donors (Lipinski definition) is 1. The van der Waals surface area contributed by atoms with Crippen molar-refractivity contribution in [2.45, 2.75) is 43.9 Å². The fraction of sp³-hybridized carbons (Fsp3) is 0.600. The molecule has 2 fully saturated rings. The number of anilines is 1. The predicted octanol–water partition coefficient (Wildman–Crippen LogP) is 1.09. The summed E-state index contributed by atoms with van der Waals surface area (Å²) < 4.78 is 29.0. The Morgan fingerprint density at radius 2 is 2.13 bits per heavy atom. The van der Waals surface area contributed by atoms with Crippen molar-refractivity contribution >= 4 is 21.4 Å². The number of fused-ring (bicyclic) bond motifs is 1. The number of hydrogen-bond acceptors (Lipinski definition) is 5. The Morgan fingerprint density at radius 1 is 1.30 bits per heavy atom. The monoisotopic (exact) mass is 335 g/mol. The van der Waals surface area contributed by atoms with Crippen LogP contribution in [0.1, 0.15) is 31.4 Å². The molecule has 2 aliphatic rings. The fourth-order valence-electron chi connectivity index (χ4n) is 3.25. The van der Waals surface area contributed by atoms with Crippen LogP contribution >= 0.6 is 0 Å². The second kappa shape index (κ2) is 5.45. The van der Waals surface area contributed by atoms with Crippen LogP contribution in [0, 0.1) is 6.92 Å². The predicted molar refractivity (Wildman–Crippen MR) is 88.0 cm³/mol. The summed E-state index contributed by atoms with van der Waals surface area (Å²) in [4.78, 5) is 6.68. The first-order chi connectivity index (χ1) is 11.0. The van der Waals surface area contributed by atoms with Crippen LogP contribution in [0.5, 0.6) is 0 Å². The van der Waals surface area contributed by atoms with Crippen molar-refractivity contribution in [3.05, 3.63) is 24.2 Å². The molecule has 1 aliphatic heterocycles. The maximum Gasteiger partial charge on any atom is 0.214 e. The largest absolute Gasteiger partial charge is 0.353 e. The molecule has 1 saturated carbocycles. The molecular formula is C15H21N5O2S. The summed E-state index contributed by atoms with van der Waals surface area (Å²) in [5.41, 5.74) is 1.91. The lowest BCUT2D eigenvalue weighted by molar-refractivity contribution is 0.464. The summed E-state index contributed by atoms with van der Waals surface area (Å²) in [5.74, 6) is 0.878. The quantitative estimate of drug-likeness (QED) is 0.905. The number of aryl methyl sites for hydroxylation is 1. The van der Waals surface area contributed by atoms with Crippen LogP contribution in [0.25, 0.3) is 5.52 Å². The number of nitrogens with zero attached hydrogens (tertiary/aromatic N) is 4. The molecule has 8 heteroatoms. The van der Waals surface area contributed by atoms with Crippen molar-refractivity contribution < 1.29 is 8.42 Å². The van der Waals surface area contributed by atoms with Crippen LogP contribution in [0.3, 0.4) is 0 Å². The number of nitrogens with one attached hydrogen (secondary N) is 1. The van der Waals surface area contributed by atoms with Gasteiger partial charge in [-0.05, 0) is 38.7 Å². The van der Waals surface area contributed by atoms with Gasteiger partial charge in [-0.25, -0.2) is 22.6 Å². The maximum absolute atomic E-state index is 12.2. The van der Waals surface area contributed by atoms with Gasteiger partial charge in [0, 0.05) is 31.5 Å². The average molecular weight is 335 g/mol. The first kappa shape index (κ1) is 14.9. The molecule has 4 rings (SSSR count). The van der Waals surface area contributed by atoms with E-state index in [9.17, 15) is 8.42 Å². The third-order valence-corrected chi connectivity index (χ3v) is 6.52. The Kier molecular flexibility index (Phi) is 3.53. The summed E-state index contributed by atoms with van der Waals surface area (Å²) >= 11 is 0. The van der Waals surface area contributed by atoms with Gasteiger partial charge in [-0.15, -0.1) is 0 Å². The Hall–Kier alpha value is -1.67. The number of rotatable bonds is 4. The molecule has 0 bridgehead atoms. The lowest BCUT2D eigenvalue weighted by Crippen LogP contribution is -2.48. The Morgan fingerprint density at radius 3 is 2.91 bits per heavy atom. The smallest absolute Gasteiger partial charge is 0.214 e. The summed E-state index contributed by atoms with van der Waals surface area (Å²) in [6, 6.07) is 1.97. The Balaban J connectivity index is 1.56. The van der Waals surface area contributed by atoms with Gasteiger partial charge in [-0.3, -0.25) is 0 Å². The molecule has 1 unspecified atom stereocenters. The fourth-order valence-corrected chi connectivity index (χ4v) is 4.85.